The molecule has 0 atom stereocenters. The van der Waals surface area contributed by atoms with Crippen molar-refractivity contribution in [2.24, 2.45) is 5.92 Å². The molecule has 33 heavy (non-hydrogen) atoms. The normalized spacial score (nSPS) is 14.8. The Balaban J connectivity index is 1.72. The van der Waals surface area contributed by atoms with E-state index in [0.29, 0.717) is 36.0 Å². The molecule has 1 saturated carbocycles. The van der Waals surface area contributed by atoms with Gasteiger partial charge in [-0.2, -0.15) is 0 Å². The van der Waals surface area contributed by atoms with Gasteiger partial charge in [-0.15, -0.1) is 0 Å². The minimum atomic E-state index is -0.538. The second kappa shape index (κ2) is 11.1. The standard InChI is InChI=1S/C26H34Cl2N2O3/c1-26(2,3)33-25(32)20-11-9-18(10-12-20)13-14-30-23(21(27)15-22(28)24(30)31)17-29(4)16-19-7-5-6-8-19/h9-12,15,19H,5-8,13-14,16-17H2,1-4H3. The summed E-state index contributed by atoms with van der Waals surface area (Å²) in [6, 6.07) is 8.85. The maximum Gasteiger partial charge on any atom is 0.338 e. The number of nitrogens with zero attached hydrogens (tertiary/aromatic N) is 2. The van der Waals surface area contributed by atoms with Crippen molar-refractivity contribution < 1.29 is 9.53 Å². The van der Waals surface area contributed by atoms with E-state index in [1.54, 1.807) is 22.8 Å². The smallest absolute Gasteiger partial charge is 0.338 e. The molecule has 5 nitrogen and oxygen atoms in total. The molecule has 0 saturated heterocycles. The number of carbonyl (C=O) groups is 1. The first-order valence-electron chi connectivity index (χ1n) is 11.6. The SMILES string of the molecule is CN(Cc1c(Cl)cc(Cl)c(=O)n1CCc1ccc(C(=O)OC(C)(C)C)cc1)CC1CCCC1. The summed E-state index contributed by atoms with van der Waals surface area (Å²) in [7, 11) is 2.08. The summed E-state index contributed by atoms with van der Waals surface area (Å²) in [6.07, 6.45) is 5.76. The molecule has 3 rings (SSSR count). The highest BCUT2D eigenvalue weighted by molar-refractivity contribution is 6.34. The van der Waals surface area contributed by atoms with Gasteiger partial charge < -0.3 is 14.2 Å². The topological polar surface area (TPSA) is 51.5 Å². The molecule has 0 spiro atoms. The second-order valence-corrected chi connectivity index (χ2v) is 10.9. The van der Waals surface area contributed by atoms with Crippen molar-refractivity contribution in [3.63, 3.8) is 0 Å². The highest BCUT2D eigenvalue weighted by Gasteiger charge is 2.20. The van der Waals surface area contributed by atoms with Crippen LogP contribution in [0.1, 0.15) is 68.1 Å². The van der Waals surface area contributed by atoms with Crippen LogP contribution in [0.15, 0.2) is 35.1 Å². The molecule has 0 aliphatic heterocycles. The number of hydrogen-bond donors (Lipinski definition) is 0. The van der Waals surface area contributed by atoms with Crippen molar-refractivity contribution in [1.82, 2.24) is 9.47 Å². The largest absolute Gasteiger partial charge is 0.456 e. The molecule has 0 N–H and O–H groups in total. The first-order chi connectivity index (χ1) is 15.5. The molecule has 2 aromatic rings. The van der Waals surface area contributed by atoms with Crippen LogP contribution in [0.5, 0.6) is 0 Å². The van der Waals surface area contributed by atoms with E-state index in [-0.39, 0.29) is 16.6 Å². The average molecular weight is 493 g/mol. The van der Waals surface area contributed by atoms with E-state index in [1.165, 1.54) is 25.7 Å². The van der Waals surface area contributed by atoms with Crippen LogP contribution in [0.4, 0.5) is 0 Å². The molecule has 1 heterocycles. The zero-order valence-electron chi connectivity index (χ0n) is 20.0. The lowest BCUT2D eigenvalue weighted by Gasteiger charge is -2.24. The lowest BCUT2D eigenvalue weighted by molar-refractivity contribution is 0.00695. The third-order valence-corrected chi connectivity index (χ3v) is 6.58. The summed E-state index contributed by atoms with van der Waals surface area (Å²) in [5.41, 5.74) is 1.54. The highest BCUT2D eigenvalue weighted by atomic mass is 35.5. The molecule has 1 fully saturated rings. The molecule has 0 radical (unpaired) electrons. The van der Waals surface area contributed by atoms with E-state index in [2.05, 4.69) is 11.9 Å². The Bertz CT molecular complexity index is 1020. The van der Waals surface area contributed by atoms with Crippen molar-refractivity contribution >= 4 is 29.2 Å². The molecule has 0 bridgehead atoms. The van der Waals surface area contributed by atoms with Crippen LogP contribution < -0.4 is 5.56 Å². The van der Waals surface area contributed by atoms with E-state index in [9.17, 15) is 9.59 Å². The molecule has 1 aliphatic rings. The molecular formula is C26H34Cl2N2O3. The van der Waals surface area contributed by atoms with E-state index in [1.807, 2.05) is 32.9 Å². The van der Waals surface area contributed by atoms with Crippen molar-refractivity contribution in [3.8, 4) is 0 Å². The van der Waals surface area contributed by atoms with Gasteiger partial charge in [0.15, 0.2) is 0 Å². The van der Waals surface area contributed by atoms with Gasteiger partial charge in [0.05, 0.1) is 16.3 Å². The van der Waals surface area contributed by atoms with Crippen LogP contribution >= 0.6 is 23.2 Å². The molecule has 1 aromatic carbocycles. The van der Waals surface area contributed by atoms with Crippen LogP contribution in [0, 0.1) is 5.92 Å². The molecular weight excluding hydrogens is 459 g/mol. The van der Waals surface area contributed by atoms with Gasteiger partial charge in [-0.05, 0) is 76.8 Å². The fraction of sp³-hybridized carbons (Fsp3) is 0.538. The van der Waals surface area contributed by atoms with Gasteiger partial charge in [0.2, 0.25) is 0 Å². The average Bonchev–Trinajstić information content (AvgIpc) is 3.23. The van der Waals surface area contributed by atoms with E-state index < -0.39 is 5.60 Å². The number of benzene rings is 1. The van der Waals surface area contributed by atoms with Crippen LogP contribution in [0.3, 0.4) is 0 Å². The summed E-state index contributed by atoms with van der Waals surface area (Å²) >= 11 is 12.7. The van der Waals surface area contributed by atoms with Gasteiger partial charge in [-0.25, -0.2) is 4.79 Å². The van der Waals surface area contributed by atoms with Crippen molar-refractivity contribution in [2.45, 2.75) is 71.6 Å². The Morgan fingerprint density at radius 2 is 1.76 bits per heavy atom. The van der Waals surface area contributed by atoms with Gasteiger partial charge in [-0.3, -0.25) is 4.79 Å². The molecule has 0 unspecified atom stereocenters. The zero-order valence-corrected chi connectivity index (χ0v) is 21.5. The van der Waals surface area contributed by atoms with E-state index >= 15 is 0 Å². The summed E-state index contributed by atoms with van der Waals surface area (Å²) in [6.45, 7) is 7.58. The Labute approximate surface area is 206 Å². The Hall–Kier alpha value is -1.82. The van der Waals surface area contributed by atoms with Crippen molar-refractivity contribution in [2.75, 3.05) is 13.6 Å². The van der Waals surface area contributed by atoms with Crippen molar-refractivity contribution in [1.29, 1.82) is 0 Å². The number of halogens is 2. The maximum atomic E-state index is 12.9. The number of hydrogen-bond acceptors (Lipinski definition) is 4. The Morgan fingerprint density at radius 3 is 2.36 bits per heavy atom. The van der Waals surface area contributed by atoms with Gasteiger partial charge in [-0.1, -0.05) is 48.2 Å². The number of pyridine rings is 1. The molecule has 0 amide bonds. The Morgan fingerprint density at radius 1 is 1.12 bits per heavy atom. The highest BCUT2D eigenvalue weighted by Crippen LogP contribution is 2.26. The zero-order chi connectivity index (χ0) is 24.2. The molecule has 7 heteroatoms. The summed E-state index contributed by atoms with van der Waals surface area (Å²) in [4.78, 5) is 27.3. The minimum absolute atomic E-state index is 0.127. The summed E-state index contributed by atoms with van der Waals surface area (Å²) in [5, 5.41) is 0.639. The summed E-state index contributed by atoms with van der Waals surface area (Å²) < 4.78 is 7.11. The van der Waals surface area contributed by atoms with Crippen molar-refractivity contribution in [3.05, 3.63) is 67.6 Å². The summed E-state index contributed by atoms with van der Waals surface area (Å²) in [5.74, 6) is 0.365. The second-order valence-electron chi connectivity index (χ2n) is 10.0. The van der Waals surface area contributed by atoms with Crippen LogP contribution in [0.2, 0.25) is 10.0 Å². The first kappa shape index (κ1) is 25.8. The monoisotopic (exact) mass is 492 g/mol. The van der Waals surface area contributed by atoms with Crippen LogP contribution in [-0.4, -0.2) is 34.6 Å². The van der Waals surface area contributed by atoms with Gasteiger partial charge in [0, 0.05) is 19.6 Å². The predicted molar refractivity (Wildman–Crippen MR) is 134 cm³/mol. The van der Waals surface area contributed by atoms with Crippen LogP contribution in [-0.2, 0) is 24.2 Å². The number of carbonyl (C=O) groups excluding carboxylic acids is 1. The first-order valence-corrected chi connectivity index (χ1v) is 12.4. The van der Waals surface area contributed by atoms with Crippen LogP contribution in [0.25, 0.3) is 0 Å². The third-order valence-electron chi connectivity index (χ3n) is 5.98. The maximum absolute atomic E-state index is 12.9. The van der Waals surface area contributed by atoms with Gasteiger partial charge in [0.1, 0.15) is 10.6 Å². The predicted octanol–water partition coefficient (Wildman–Crippen LogP) is 5.98. The molecule has 180 valence electrons. The number of esters is 1. The van der Waals surface area contributed by atoms with E-state index in [0.717, 1.165) is 17.8 Å². The lowest BCUT2D eigenvalue weighted by atomic mass is 10.1. The number of aromatic nitrogens is 1. The quantitative estimate of drug-likeness (QED) is 0.425. The molecule has 1 aliphatic carbocycles. The van der Waals surface area contributed by atoms with E-state index in [4.69, 9.17) is 27.9 Å². The molecule has 1 aromatic heterocycles. The number of rotatable bonds is 8. The fourth-order valence-corrected chi connectivity index (χ4v) is 4.91. The van der Waals surface area contributed by atoms with Gasteiger partial charge in [0.25, 0.3) is 5.56 Å². The van der Waals surface area contributed by atoms with Gasteiger partial charge >= 0.3 is 5.97 Å². The lowest BCUT2D eigenvalue weighted by Crippen LogP contribution is -2.31. The fourth-order valence-electron chi connectivity index (χ4n) is 4.37. The minimum Gasteiger partial charge on any atom is -0.456 e. The third kappa shape index (κ3) is 7.33. The number of aryl methyl sites for hydroxylation is 1. The Kier molecular flexibility index (Phi) is 8.65. The number of ether oxygens (including phenoxy) is 1.